The Bertz CT molecular complexity index is 304. The number of hydrogen-bond donors (Lipinski definition) is 2. The largest absolute Gasteiger partial charge is 0.396 e. The van der Waals surface area contributed by atoms with Crippen LogP contribution in [0.25, 0.3) is 0 Å². The maximum atomic E-state index is 8.72. The Morgan fingerprint density at radius 2 is 2.13 bits per heavy atom. The highest BCUT2D eigenvalue weighted by Crippen LogP contribution is 2.20. The molecule has 0 aliphatic carbocycles. The Morgan fingerprint density at radius 1 is 1.47 bits per heavy atom. The van der Waals surface area contributed by atoms with Gasteiger partial charge in [0.15, 0.2) is 5.82 Å². The molecule has 0 bridgehead atoms. The van der Waals surface area contributed by atoms with E-state index >= 15 is 0 Å². The van der Waals surface area contributed by atoms with Crippen LogP contribution in [0.5, 0.6) is 0 Å². The molecule has 1 aromatic heterocycles. The van der Waals surface area contributed by atoms with Crippen molar-refractivity contribution in [3.8, 4) is 0 Å². The van der Waals surface area contributed by atoms with Gasteiger partial charge in [-0.25, -0.2) is 0 Å². The number of nitrogens with two attached hydrogens (primary N) is 1. The molecule has 1 atom stereocenters. The van der Waals surface area contributed by atoms with Gasteiger partial charge < -0.3 is 15.4 Å². The van der Waals surface area contributed by atoms with Crippen LogP contribution in [0.15, 0.2) is 4.52 Å². The van der Waals surface area contributed by atoms with E-state index in [1.165, 1.54) is 0 Å². The van der Waals surface area contributed by atoms with Gasteiger partial charge in [0.25, 0.3) is 0 Å². The van der Waals surface area contributed by atoms with Crippen molar-refractivity contribution in [3.05, 3.63) is 11.7 Å². The fraction of sp³-hybridized carbons (Fsp3) is 0.800. The summed E-state index contributed by atoms with van der Waals surface area (Å²) in [6.45, 7) is 6.35. The first-order valence-corrected chi connectivity index (χ1v) is 5.11. The molecule has 0 aromatic carbocycles. The van der Waals surface area contributed by atoms with E-state index in [-0.39, 0.29) is 18.1 Å². The molecule has 1 rings (SSSR count). The summed E-state index contributed by atoms with van der Waals surface area (Å²) in [6.07, 6.45) is 1.19. The third-order valence-electron chi connectivity index (χ3n) is 1.93. The first-order chi connectivity index (χ1) is 6.92. The van der Waals surface area contributed by atoms with Crippen LogP contribution in [0.4, 0.5) is 0 Å². The third-order valence-corrected chi connectivity index (χ3v) is 1.93. The molecule has 0 radical (unpaired) electrons. The van der Waals surface area contributed by atoms with Gasteiger partial charge in [-0.1, -0.05) is 25.9 Å². The number of aliphatic hydroxyl groups is 1. The van der Waals surface area contributed by atoms with Crippen molar-refractivity contribution in [2.24, 2.45) is 11.1 Å². The Labute approximate surface area is 89.7 Å². The monoisotopic (exact) mass is 213 g/mol. The highest BCUT2D eigenvalue weighted by Gasteiger charge is 2.18. The number of aliphatic hydroxyl groups excluding tert-OH is 1. The lowest BCUT2D eigenvalue weighted by Gasteiger charge is -2.14. The Morgan fingerprint density at radius 3 is 2.67 bits per heavy atom. The Hall–Kier alpha value is -0.940. The minimum atomic E-state index is -0.365. The summed E-state index contributed by atoms with van der Waals surface area (Å²) in [4.78, 5) is 4.20. The summed E-state index contributed by atoms with van der Waals surface area (Å²) in [5, 5.41) is 12.6. The molecule has 1 aromatic rings. The van der Waals surface area contributed by atoms with E-state index in [2.05, 4.69) is 30.9 Å². The molecular weight excluding hydrogens is 194 g/mol. The number of rotatable bonds is 4. The Kier molecular flexibility index (Phi) is 3.82. The lowest BCUT2D eigenvalue weighted by atomic mass is 9.92. The SMILES string of the molecule is CC(C)(C)Cc1noc(C(N)CCO)n1. The normalized spacial score (nSPS) is 14.2. The second-order valence-electron chi connectivity index (χ2n) is 4.91. The average Bonchev–Trinajstić information content (AvgIpc) is 2.50. The van der Waals surface area contributed by atoms with Crippen LogP contribution in [0.3, 0.4) is 0 Å². The molecule has 3 N–H and O–H groups in total. The van der Waals surface area contributed by atoms with Crippen molar-refractivity contribution in [3.63, 3.8) is 0 Å². The van der Waals surface area contributed by atoms with Crippen molar-refractivity contribution in [2.45, 2.75) is 39.7 Å². The summed E-state index contributed by atoms with van der Waals surface area (Å²) >= 11 is 0. The van der Waals surface area contributed by atoms with E-state index in [4.69, 9.17) is 15.4 Å². The predicted octanol–water partition coefficient (Wildman–Crippen LogP) is 1.04. The first-order valence-electron chi connectivity index (χ1n) is 5.11. The standard InChI is InChI=1S/C10H19N3O2/c1-10(2,3)6-8-12-9(15-13-8)7(11)4-5-14/h7,14H,4-6,11H2,1-3H3. The number of nitrogens with zero attached hydrogens (tertiary/aromatic N) is 2. The van der Waals surface area contributed by atoms with Crippen LogP contribution in [0, 0.1) is 5.41 Å². The van der Waals surface area contributed by atoms with Crippen LogP contribution in [-0.4, -0.2) is 21.9 Å². The molecule has 0 aliphatic heterocycles. The fourth-order valence-electron chi connectivity index (χ4n) is 1.23. The zero-order valence-corrected chi connectivity index (χ0v) is 9.53. The van der Waals surface area contributed by atoms with E-state index in [0.717, 1.165) is 6.42 Å². The molecule has 5 nitrogen and oxygen atoms in total. The molecule has 0 saturated carbocycles. The first kappa shape index (κ1) is 12.1. The van der Waals surface area contributed by atoms with Crippen molar-refractivity contribution in [2.75, 3.05) is 6.61 Å². The molecule has 5 heteroatoms. The van der Waals surface area contributed by atoms with E-state index in [0.29, 0.717) is 18.1 Å². The maximum absolute atomic E-state index is 8.72. The van der Waals surface area contributed by atoms with Gasteiger partial charge in [-0.2, -0.15) is 4.98 Å². The van der Waals surface area contributed by atoms with Crippen LogP contribution in [0.1, 0.15) is 44.9 Å². The highest BCUT2D eigenvalue weighted by molar-refractivity contribution is 4.93. The average molecular weight is 213 g/mol. The van der Waals surface area contributed by atoms with Crippen molar-refractivity contribution in [1.29, 1.82) is 0 Å². The van der Waals surface area contributed by atoms with Gasteiger partial charge in [-0.15, -0.1) is 0 Å². The zero-order chi connectivity index (χ0) is 11.5. The fourth-order valence-corrected chi connectivity index (χ4v) is 1.23. The highest BCUT2D eigenvalue weighted by atomic mass is 16.5. The summed E-state index contributed by atoms with van der Waals surface area (Å²) in [7, 11) is 0. The molecule has 0 aliphatic rings. The predicted molar refractivity (Wildman–Crippen MR) is 56.1 cm³/mol. The molecule has 0 spiro atoms. The van der Waals surface area contributed by atoms with Crippen molar-refractivity contribution < 1.29 is 9.63 Å². The summed E-state index contributed by atoms with van der Waals surface area (Å²) in [5.74, 6) is 1.08. The topological polar surface area (TPSA) is 85.2 Å². The third kappa shape index (κ3) is 3.97. The molecular formula is C10H19N3O2. The summed E-state index contributed by atoms with van der Waals surface area (Å²) in [6, 6.07) is -0.365. The quantitative estimate of drug-likeness (QED) is 0.780. The smallest absolute Gasteiger partial charge is 0.243 e. The molecule has 15 heavy (non-hydrogen) atoms. The molecule has 86 valence electrons. The van der Waals surface area contributed by atoms with Crippen LogP contribution in [-0.2, 0) is 6.42 Å². The van der Waals surface area contributed by atoms with Crippen LogP contribution in [0.2, 0.25) is 0 Å². The molecule has 1 unspecified atom stereocenters. The van der Waals surface area contributed by atoms with Gasteiger partial charge in [0.1, 0.15) is 0 Å². The Balaban J connectivity index is 2.64. The van der Waals surface area contributed by atoms with Gasteiger partial charge in [0.05, 0.1) is 6.04 Å². The maximum Gasteiger partial charge on any atom is 0.243 e. The minimum Gasteiger partial charge on any atom is -0.396 e. The second kappa shape index (κ2) is 4.72. The molecule has 0 fully saturated rings. The minimum absolute atomic E-state index is 0.0259. The van der Waals surface area contributed by atoms with Gasteiger partial charge in [-0.05, 0) is 11.8 Å². The van der Waals surface area contributed by atoms with Gasteiger partial charge in [0, 0.05) is 13.0 Å². The van der Waals surface area contributed by atoms with Crippen molar-refractivity contribution in [1.82, 2.24) is 10.1 Å². The zero-order valence-electron chi connectivity index (χ0n) is 9.53. The van der Waals surface area contributed by atoms with Gasteiger partial charge in [0.2, 0.25) is 5.89 Å². The molecule has 0 saturated heterocycles. The summed E-state index contributed by atoms with van der Waals surface area (Å²) in [5.41, 5.74) is 5.85. The molecule has 1 heterocycles. The van der Waals surface area contributed by atoms with Crippen LogP contribution < -0.4 is 5.73 Å². The van der Waals surface area contributed by atoms with E-state index in [1.807, 2.05) is 0 Å². The second-order valence-corrected chi connectivity index (χ2v) is 4.91. The molecule has 0 amide bonds. The van der Waals surface area contributed by atoms with Crippen LogP contribution >= 0.6 is 0 Å². The van der Waals surface area contributed by atoms with E-state index in [9.17, 15) is 0 Å². The number of hydrogen-bond acceptors (Lipinski definition) is 5. The lowest BCUT2D eigenvalue weighted by molar-refractivity contribution is 0.258. The van der Waals surface area contributed by atoms with Gasteiger partial charge >= 0.3 is 0 Å². The van der Waals surface area contributed by atoms with E-state index in [1.54, 1.807) is 0 Å². The number of aromatic nitrogens is 2. The van der Waals surface area contributed by atoms with Gasteiger partial charge in [-0.3, -0.25) is 0 Å². The van der Waals surface area contributed by atoms with Crippen molar-refractivity contribution >= 4 is 0 Å². The van der Waals surface area contributed by atoms with E-state index < -0.39 is 0 Å². The lowest BCUT2D eigenvalue weighted by Crippen LogP contribution is -2.13. The summed E-state index contributed by atoms with van der Waals surface area (Å²) < 4.78 is 5.03.